The molecule has 2 aromatic heterocycles. The number of nitrogens with one attached hydrogen (secondary N) is 2. The SMILES string of the molecule is Cn1ncc(NC(=O)c2nc(-c3c(F)cccc3F)sc2N)c1O[C@H]1CCCNC1. The summed E-state index contributed by atoms with van der Waals surface area (Å²) in [6.07, 6.45) is 3.31. The Kier molecular flexibility index (Phi) is 5.64. The fourth-order valence-electron chi connectivity index (χ4n) is 3.22. The molecule has 0 spiro atoms. The Morgan fingerprint density at radius 1 is 1.40 bits per heavy atom. The van der Waals surface area contributed by atoms with Crippen molar-refractivity contribution >= 4 is 27.9 Å². The smallest absolute Gasteiger partial charge is 0.277 e. The van der Waals surface area contributed by atoms with Crippen LogP contribution in [-0.2, 0) is 7.05 Å². The van der Waals surface area contributed by atoms with Gasteiger partial charge in [0.2, 0.25) is 5.88 Å². The Labute approximate surface area is 175 Å². The van der Waals surface area contributed by atoms with Crippen LogP contribution in [0.1, 0.15) is 23.3 Å². The minimum Gasteiger partial charge on any atom is -0.472 e. The average molecular weight is 434 g/mol. The number of anilines is 2. The number of nitrogen functional groups attached to an aromatic ring is 1. The molecule has 0 bridgehead atoms. The highest BCUT2D eigenvalue weighted by Gasteiger charge is 2.24. The van der Waals surface area contributed by atoms with Gasteiger partial charge in [-0.3, -0.25) is 4.79 Å². The first kappa shape index (κ1) is 20.2. The fraction of sp³-hybridized carbons (Fsp3) is 0.316. The van der Waals surface area contributed by atoms with Gasteiger partial charge in [0.1, 0.15) is 33.4 Å². The molecule has 1 fully saturated rings. The van der Waals surface area contributed by atoms with Gasteiger partial charge in [-0.05, 0) is 31.5 Å². The predicted octanol–water partition coefficient (Wildman–Crippen LogP) is 2.79. The second-order valence-electron chi connectivity index (χ2n) is 6.86. The number of nitrogens with zero attached hydrogens (tertiary/aromatic N) is 3. The van der Waals surface area contributed by atoms with Crippen LogP contribution in [0.25, 0.3) is 10.6 Å². The second kappa shape index (κ2) is 8.36. The van der Waals surface area contributed by atoms with Gasteiger partial charge in [0, 0.05) is 13.6 Å². The third-order valence-corrected chi connectivity index (χ3v) is 5.61. The van der Waals surface area contributed by atoms with E-state index < -0.39 is 17.5 Å². The van der Waals surface area contributed by atoms with Crippen LogP contribution in [0.15, 0.2) is 24.4 Å². The molecule has 0 saturated carbocycles. The third kappa shape index (κ3) is 3.98. The molecular weight excluding hydrogens is 414 g/mol. The summed E-state index contributed by atoms with van der Waals surface area (Å²) in [6, 6.07) is 3.49. The molecule has 1 aromatic carbocycles. The molecule has 1 atom stereocenters. The van der Waals surface area contributed by atoms with Gasteiger partial charge in [-0.2, -0.15) is 5.10 Å². The first-order valence-electron chi connectivity index (χ1n) is 9.35. The lowest BCUT2D eigenvalue weighted by Crippen LogP contribution is -2.37. The molecule has 1 amide bonds. The predicted molar refractivity (Wildman–Crippen MR) is 110 cm³/mol. The lowest BCUT2D eigenvalue weighted by atomic mass is 10.1. The molecule has 11 heteroatoms. The van der Waals surface area contributed by atoms with Crippen LogP contribution in [0.4, 0.5) is 19.5 Å². The average Bonchev–Trinajstić information content (AvgIpc) is 3.26. The highest BCUT2D eigenvalue weighted by molar-refractivity contribution is 7.19. The molecule has 0 radical (unpaired) electrons. The molecule has 3 aromatic rings. The molecule has 0 aliphatic carbocycles. The Balaban J connectivity index is 1.56. The van der Waals surface area contributed by atoms with Crippen LogP contribution in [0.2, 0.25) is 0 Å². The standard InChI is InChI=1S/C19H20F2N6O2S/c1-27-19(29-10-4-3-7-23-8-10)13(9-24-27)25-17(28)15-16(22)30-18(26-15)14-11(20)5-2-6-12(14)21/h2,5-6,9-10,23H,3-4,7-8,22H2,1H3,(H,25,28)/t10-/m0/s1. The summed E-state index contributed by atoms with van der Waals surface area (Å²) < 4.78 is 35.6. The van der Waals surface area contributed by atoms with Crippen LogP contribution in [0, 0.1) is 11.6 Å². The first-order chi connectivity index (χ1) is 14.4. The van der Waals surface area contributed by atoms with Gasteiger partial charge in [0.25, 0.3) is 5.91 Å². The molecule has 4 N–H and O–H groups in total. The van der Waals surface area contributed by atoms with Crippen LogP contribution in [0.3, 0.4) is 0 Å². The first-order valence-corrected chi connectivity index (χ1v) is 10.2. The number of rotatable bonds is 5. The number of carbonyl (C=O) groups is 1. The van der Waals surface area contributed by atoms with Crippen molar-refractivity contribution in [3.8, 4) is 16.5 Å². The quantitative estimate of drug-likeness (QED) is 0.570. The van der Waals surface area contributed by atoms with Gasteiger partial charge in [-0.25, -0.2) is 18.4 Å². The van der Waals surface area contributed by atoms with E-state index in [1.807, 2.05) is 0 Å². The Hall–Kier alpha value is -3.05. The molecule has 0 unspecified atom stereocenters. The monoisotopic (exact) mass is 434 g/mol. The number of benzene rings is 1. The zero-order valence-electron chi connectivity index (χ0n) is 16.1. The number of aromatic nitrogens is 3. The number of hydrogen-bond donors (Lipinski definition) is 3. The topological polar surface area (TPSA) is 107 Å². The lowest BCUT2D eigenvalue weighted by Gasteiger charge is -2.24. The van der Waals surface area contributed by atoms with Gasteiger partial charge in [-0.1, -0.05) is 17.4 Å². The second-order valence-corrected chi connectivity index (χ2v) is 7.89. The summed E-state index contributed by atoms with van der Waals surface area (Å²) in [5.41, 5.74) is 5.84. The van der Waals surface area contributed by atoms with Gasteiger partial charge in [0.15, 0.2) is 5.69 Å². The molecule has 1 aliphatic heterocycles. The van der Waals surface area contributed by atoms with E-state index in [4.69, 9.17) is 10.5 Å². The number of halogens is 2. The molecule has 4 rings (SSSR count). The van der Waals surface area contributed by atoms with Crippen molar-refractivity contribution in [1.82, 2.24) is 20.1 Å². The number of thiazole rings is 1. The van der Waals surface area contributed by atoms with E-state index in [1.165, 1.54) is 16.9 Å². The summed E-state index contributed by atoms with van der Waals surface area (Å²) in [5.74, 6) is -1.77. The van der Waals surface area contributed by atoms with Gasteiger partial charge in [0.05, 0.1) is 11.8 Å². The Morgan fingerprint density at radius 2 is 2.17 bits per heavy atom. The van der Waals surface area contributed by atoms with E-state index in [-0.39, 0.29) is 27.4 Å². The van der Waals surface area contributed by atoms with Gasteiger partial charge in [-0.15, -0.1) is 0 Å². The lowest BCUT2D eigenvalue weighted by molar-refractivity contribution is 0.102. The normalized spacial score (nSPS) is 16.4. The van der Waals surface area contributed by atoms with E-state index in [1.54, 1.807) is 7.05 Å². The number of aryl methyl sites for hydroxylation is 1. The summed E-state index contributed by atoms with van der Waals surface area (Å²) >= 11 is 0.838. The Morgan fingerprint density at radius 3 is 2.87 bits per heavy atom. The number of piperidine rings is 1. The molecule has 8 nitrogen and oxygen atoms in total. The minimum atomic E-state index is -0.778. The minimum absolute atomic E-state index is 0.0100. The number of nitrogens with two attached hydrogens (primary N) is 1. The summed E-state index contributed by atoms with van der Waals surface area (Å²) in [4.78, 5) is 16.8. The molecule has 158 valence electrons. The van der Waals surface area contributed by atoms with Crippen LogP contribution < -0.4 is 21.1 Å². The summed E-state index contributed by atoms with van der Waals surface area (Å²) in [5, 5.41) is 10.1. The maximum atomic E-state index is 14.1. The molecule has 30 heavy (non-hydrogen) atoms. The molecule has 1 saturated heterocycles. The summed E-state index contributed by atoms with van der Waals surface area (Å²) in [7, 11) is 1.71. The van der Waals surface area contributed by atoms with Crippen LogP contribution >= 0.6 is 11.3 Å². The summed E-state index contributed by atoms with van der Waals surface area (Å²) in [6.45, 7) is 1.65. The van der Waals surface area contributed by atoms with Crippen molar-refractivity contribution in [1.29, 1.82) is 0 Å². The highest BCUT2D eigenvalue weighted by atomic mass is 32.1. The molecule has 1 aliphatic rings. The van der Waals surface area contributed by atoms with E-state index in [2.05, 4.69) is 20.7 Å². The zero-order chi connectivity index (χ0) is 21.3. The number of ether oxygens (including phenoxy) is 1. The van der Waals surface area contributed by atoms with Gasteiger partial charge < -0.3 is 21.1 Å². The molecule has 3 heterocycles. The van der Waals surface area contributed by atoms with Crippen molar-refractivity contribution < 1.29 is 18.3 Å². The third-order valence-electron chi connectivity index (χ3n) is 4.71. The number of carbonyl (C=O) groups excluding carboxylic acids is 1. The van der Waals surface area contributed by atoms with Crippen LogP contribution in [0.5, 0.6) is 5.88 Å². The largest absolute Gasteiger partial charge is 0.472 e. The van der Waals surface area contributed by atoms with Crippen molar-refractivity contribution in [2.45, 2.75) is 18.9 Å². The van der Waals surface area contributed by atoms with Crippen molar-refractivity contribution in [2.75, 3.05) is 24.1 Å². The van der Waals surface area contributed by atoms with Crippen molar-refractivity contribution in [3.05, 3.63) is 41.7 Å². The maximum Gasteiger partial charge on any atom is 0.277 e. The highest BCUT2D eigenvalue weighted by Crippen LogP contribution is 2.34. The Bertz CT molecular complexity index is 1060. The van der Waals surface area contributed by atoms with E-state index in [0.717, 1.165) is 42.9 Å². The van der Waals surface area contributed by atoms with Crippen molar-refractivity contribution in [3.63, 3.8) is 0 Å². The maximum absolute atomic E-state index is 14.1. The zero-order valence-corrected chi connectivity index (χ0v) is 16.9. The van der Waals surface area contributed by atoms with E-state index >= 15 is 0 Å². The van der Waals surface area contributed by atoms with Gasteiger partial charge >= 0.3 is 0 Å². The number of amides is 1. The van der Waals surface area contributed by atoms with E-state index in [9.17, 15) is 13.6 Å². The van der Waals surface area contributed by atoms with Crippen molar-refractivity contribution in [2.24, 2.45) is 7.05 Å². The van der Waals surface area contributed by atoms with E-state index in [0.29, 0.717) is 18.1 Å². The molecular formula is C19H20F2N6O2S. The fourth-order valence-corrected chi connectivity index (χ4v) is 4.09. The number of hydrogen-bond acceptors (Lipinski definition) is 7. The van der Waals surface area contributed by atoms with Crippen LogP contribution in [-0.4, -0.2) is 39.9 Å².